The Morgan fingerprint density at radius 1 is 1.04 bits per heavy atom. The summed E-state index contributed by atoms with van der Waals surface area (Å²) in [4.78, 5) is 6.74. The van der Waals surface area contributed by atoms with Gasteiger partial charge < -0.3 is 20.3 Å². The molecule has 0 saturated heterocycles. The van der Waals surface area contributed by atoms with E-state index in [2.05, 4.69) is 56.7 Å². The van der Waals surface area contributed by atoms with Crippen LogP contribution in [0.5, 0.6) is 5.75 Å². The van der Waals surface area contributed by atoms with Gasteiger partial charge in [0.05, 0.1) is 19.0 Å². The molecule has 0 saturated carbocycles. The molecule has 0 aliphatic rings. The van der Waals surface area contributed by atoms with Crippen LogP contribution >= 0.6 is 11.6 Å². The maximum Gasteiger partial charge on any atom is 0.249 e. The van der Waals surface area contributed by atoms with Gasteiger partial charge in [0.25, 0.3) is 0 Å². The lowest BCUT2D eigenvalue weighted by atomic mass is 10.2. The molecule has 2 aromatic carbocycles. The van der Waals surface area contributed by atoms with Crippen molar-refractivity contribution < 1.29 is 4.74 Å². The molecule has 7 nitrogen and oxygen atoms in total. The van der Waals surface area contributed by atoms with Crippen LogP contribution in [0, 0.1) is 0 Å². The van der Waals surface area contributed by atoms with E-state index in [1.165, 1.54) is 5.69 Å². The van der Waals surface area contributed by atoms with Crippen LogP contribution in [-0.2, 0) is 0 Å². The van der Waals surface area contributed by atoms with Gasteiger partial charge in [-0.1, -0.05) is 11.6 Å². The summed E-state index contributed by atoms with van der Waals surface area (Å²) in [6, 6.07) is 13.5. The Balaban J connectivity index is 1.74. The molecule has 1 heterocycles. The zero-order chi connectivity index (χ0) is 19.9. The van der Waals surface area contributed by atoms with Gasteiger partial charge in [-0.25, -0.2) is 0 Å². The summed E-state index contributed by atoms with van der Waals surface area (Å²) in [7, 11) is 1.59. The topological polar surface area (TPSA) is 75.2 Å². The first-order valence-corrected chi connectivity index (χ1v) is 9.43. The molecular formula is C20H23ClN6O. The predicted molar refractivity (Wildman–Crippen MR) is 114 cm³/mol. The van der Waals surface area contributed by atoms with Gasteiger partial charge in [-0.05, 0) is 56.3 Å². The summed E-state index contributed by atoms with van der Waals surface area (Å²) >= 11 is 6.07. The maximum atomic E-state index is 6.07. The van der Waals surface area contributed by atoms with Crippen LogP contribution in [0.4, 0.5) is 28.8 Å². The second-order valence-corrected chi connectivity index (χ2v) is 6.42. The van der Waals surface area contributed by atoms with Gasteiger partial charge in [-0.15, -0.1) is 5.10 Å². The number of anilines is 5. The standard InChI is InChI=1S/C20H23ClN6O/c1-4-27(5-2)16-9-7-15(8-10-16)23-19-13-22-26-20(25-19)24-17-12-14(21)6-11-18(17)28-3/h6-13H,4-5H2,1-3H3,(H2,23,24,25,26). The zero-order valence-electron chi connectivity index (χ0n) is 16.1. The van der Waals surface area contributed by atoms with E-state index >= 15 is 0 Å². The second-order valence-electron chi connectivity index (χ2n) is 5.98. The molecule has 0 aliphatic carbocycles. The Bertz CT molecular complexity index is 915. The summed E-state index contributed by atoms with van der Waals surface area (Å²) in [5, 5.41) is 14.9. The molecule has 0 unspecified atom stereocenters. The summed E-state index contributed by atoms with van der Waals surface area (Å²) < 4.78 is 5.33. The van der Waals surface area contributed by atoms with E-state index in [0.717, 1.165) is 18.8 Å². The van der Waals surface area contributed by atoms with Crippen LogP contribution in [0.25, 0.3) is 0 Å². The minimum atomic E-state index is 0.338. The molecule has 3 rings (SSSR count). The first-order chi connectivity index (χ1) is 13.6. The molecule has 0 radical (unpaired) electrons. The minimum Gasteiger partial charge on any atom is -0.495 e. The highest BCUT2D eigenvalue weighted by Crippen LogP contribution is 2.29. The highest BCUT2D eigenvalue weighted by molar-refractivity contribution is 6.31. The third-order valence-electron chi connectivity index (χ3n) is 4.24. The second kappa shape index (κ2) is 9.23. The number of rotatable bonds is 8. The quantitative estimate of drug-likeness (QED) is 0.560. The Kier molecular flexibility index (Phi) is 6.49. The Morgan fingerprint density at radius 2 is 1.79 bits per heavy atom. The first kappa shape index (κ1) is 19.7. The fourth-order valence-electron chi connectivity index (χ4n) is 2.81. The highest BCUT2D eigenvalue weighted by atomic mass is 35.5. The third-order valence-corrected chi connectivity index (χ3v) is 4.47. The number of aromatic nitrogens is 3. The lowest BCUT2D eigenvalue weighted by molar-refractivity contribution is 0.417. The van der Waals surface area contributed by atoms with Gasteiger partial charge in [-0.2, -0.15) is 10.1 Å². The molecule has 3 aromatic rings. The van der Waals surface area contributed by atoms with Gasteiger partial charge in [0, 0.05) is 29.5 Å². The van der Waals surface area contributed by atoms with Gasteiger partial charge in [0.15, 0.2) is 5.82 Å². The molecule has 146 valence electrons. The van der Waals surface area contributed by atoms with Crippen LogP contribution in [0.1, 0.15) is 13.8 Å². The number of nitrogens with one attached hydrogen (secondary N) is 2. The van der Waals surface area contributed by atoms with Gasteiger partial charge in [0.1, 0.15) is 5.75 Å². The van der Waals surface area contributed by atoms with Crippen molar-refractivity contribution in [2.45, 2.75) is 13.8 Å². The summed E-state index contributed by atoms with van der Waals surface area (Å²) in [5.74, 6) is 1.55. The zero-order valence-corrected chi connectivity index (χ0v) is 16.9. The van der Waals surface area contributed by atoms with Crippen molar-refractivity contribution in [3.8, 4) is 5.75 Å². The first-order valence-electron chi connectivity index (χ1n) is 9.05. The Labute approximate surface area is 169 Å². The molecular weight excluding hydrogens is 376 g/mol. The van der Waals surface area contributed by atoms with Crippen LogP contribution in [-0.4, -0.2) is 35.4 Å². The number of halogens is 1. The lowest BCUT2D eigenvalue weighted by Gasteiger charge is -2.21. The number of hydrogen-bond donors (Lipinski definition) is 2. The van der Waals surface area contributed by atoms with E-state index in [9.17, 15) is 0 Å². The fraction of sp³-hybridized carbons (Fsp3) is 0.250. The molecule has 1 aromatic heterocycles. The SMILES string of the molecule is CCN(CC)c1ccc(Nc2cnnc(Nc3cc(Cl)ccc3OC)n2)cc1. The van der Waals surface area contributed by atoms with Crippen LogP contribution in [0.3, 0.4) is 0 Å². The van der Waals surface area contributed by atoms with E-state index in [1.54, 1.807) is 31.5 Å². The molecule has 0 fully saturated rings. The Morgan fingerprint density at radius 3 is 2.46 bits per heavy atom. The van der Waals surface area contributed by atoms with E-state index in [-0.39, 0.29) is 0 Å². The van der Waals surface area contributed by atoms with Crippen molar-refractivity contribution in [3.63, 3.8) is 0 Å². The van der Waals surface area contributed by atoms with Gasteiger partial charge >= 0.3 is 0 Å². The smallest absolute Gasteiger partial charge is 0.249 e. The average Bonchev–Trinajstić information content (AvgIpc) is 2.71. The largest absolute Gasteiger partial charge is 0.495 e. The molecule has 0 bridgehead atoms. The van der Waals surface area contributed by atoms with Crippen molar-refractivity contribution in [1.29, 1.82) is 0 Å². The molecule has 8 heteroatoms. The number of ether oxygens (including phenoxy) is 1. The summed E-state index contributed by atoms with van der Waals surface area (Å²) in [5.41, 5.74) is 2.77. The average molecular weight is 399 g/mol. The number of hydrogen-bond acceptors (Lipinski definition) is 7. The molecule has 0 aliphatic heterocycles. The van der Waals surface area contributed by atoms with Crippen molar-refractivity contribution >= 4 is 40.4 Å². The molecule has 0 spiro atoms. The molecule has 0 atom stereocenters. The van der Waals surface area contributed by atoms with E-state index < -0.39 is 0 Å². The van der Waals surface area contributed by atoms with Crippen molar-refractivity contribution in [3.05, 3.63) is 53.7 Å². The van der Waals surface area contributed by atoms with E-state index in [0.29, 0.717) is 28.2 Å². The van der Waals surface area contributed by atoms with Crippen molar-refractivity contribution in [1.82, 2.24) is 15.2 Å². The lowest BCUT2D eigenvalue weighted by Crippen LogP contribution is -2.21. The number of nitrogens with zero attached hydrogens (tertiary/aromatic N) is 4. The van der Waals surface area contributed by atoms with Crippen molar-refractivity contribution in [2.24, 2.45) is 0 Å². The fourth-order valence-corrected chi connectivity index (χ4v) is 2.98. The molecule has 2 N–H and O–H groups in total. The highest BCUT2D eigenvalue weighted by Gasteiger charge is 2.08. The predicted octanol–water partition coefficient (Wildman–Crippen LogP) is 4.87. The van der Waals surface area contributed by atoms with E-state index in [4.69, 9.17) is 16.3 Å². The van der Waals surface area contributed by atoms with Crippen LogP contribution in [0.2, 0.25) is 5.02 Å². The van der Waals surface area contributed by atoms with Crippen molar-refractivity contribution in [2.75, 3.05) is 35.7 Å². The normalized spacial score (nSPS) is 10.4. The minimum absolute atomic E-state index is 0.338. The maximum absolute atomic E-state index is 6.07. The summed E-state index contributed by atoms with van der Waals surface area (Å²) in [6.45, 7) is 6.24. The molecule has 0 amide bonds. The number of benzene rings is 2. The van der Waals surface area contributed by atoms with Crippen LogP contribution < -0.4 is 20.3 Å². The third kappa shape index (κ3) is 4.80. The summed E-state index contributed by atoms with van der Waals surface area (Å²) in [6.07, 6.45) is 1.57. The van der Waals surface area contributed by atoms with Gasteiger partial charge in [0.2, 0.25) is 5.95 Å². The monoisotopic (exact) mass is 398 g/mol. The van der Waals surface area contributed by atoms with E-state index in [1.807, 2.05) is 12.1 Å². The Hall–Kier alpha value is -3.06. The molecule has 28 heavy (non-hydrogen) atoms. The number of methoxy groups -OCH3 is 1. The van der Waals surface area contributed by atoms with Gasteiger partial charge in [-0.3, -0.25) is 0 Å². The van der Waals surface area contributed by atoms with Crippen LogP contribution in [0.15, 0.2) is 48.7 Å².